The quantitative estimate of drug-likeness (QED) is 0.917. The van der Waals surface area contributed by atoms with Gasteiger partial charge in [-0.05, 0) is 22.7 Å². The number of hydrogen-bond acceptors (Lipinski definition) is 5. The molecular formula is C13H12ClN3OS. The molecule has 0 amide bonds. The highest BCUT2D eigenvalue weighted by Gasteiger charge is 2.11. The van der Waals surface area contributed by atoms with Crippen molar-refractivity contribution in [3.8, 4) is 6.07 Å². The molecule has 0 unspecified atom stereocenters. The van der Waals surface area contributed by atoms with Gasteiger partial charge in [0.1, 0.15) is 16.6 Å². The van der Waals surface area contributed by atoms with Gasteiger partial charge in [0.15, 0.2) is 5.15 Å². The van der Waals surface area contributed by atoms with Crippen molar-refractivity contribution in [2.24, 2.45) is 0 Å². The Labute approximate surface area is 120 Å². The van der Waals surface area contributed by atoms with E-state index in [-0.39, 0.29) is 5.15 Å². The standard InChI is InChI=1S/C13H12ClN3OS/c1-18-8-10-5-3-2-4-9(10)7-16-13-11(6-15)12(14)17-19-13/h2-5,16H,7-8H2,1H3. The molecule has 98 valence electrons. The van der Waals surface area contributed by atoms with Crippen LogP contribution in [0.15, 0.2) is 24.3 Å². The molecule has 2 rings (SSSR count). The second kappa shape index (κ2) is 6.53. The van der Waals surface area contributed by atoms with Gasteiger partial charge in [0.25, 0.3) is 0 Å². The first-order valence-electron chi connectivity index (χ1n) is 5.61. The molecule has 1 N–H and O–H groups in total. The predicted octanol–water partition coefficient (Wildman–Crippen LogP) is 3.43. The normalized spacial score (nSPS) is 10.2. The second-order valence-electron chi connectivity index (χ2n) is 3.84. The van der Waals surface area contributed by atoms with Gasteiger partial charge in [0, 0.05) is 13.7 Å². The summed E-state index contributed by atoms with van der Waals surface area (Å²) in [5, 5.41) is 13.1. The number of nitriles is 1. The lowest BCUT2D eigenvalue weighted by Gasteiger charge is -2.09. The third-order valence-electron chi connectivity index (χ3n) is 2.62. The third kappa shape index (κ3) is 3.24. The first kappa shape index (κ1) is 13.8. The summed E-state index contributed by atoms with van der Waals surface area (Å²) in [6.07, 6.45) is 0. The number of aromatic nitrogens is 1. The van der Waals surface area contributed by atoms with Crippen LogP contribution < -0.4 is 5.32 Å². The Balaban J connectivity index is 2.12. The zero-order valence-electron chi connectivity index (χ0n) is 10.3. The fourth-order valence-corrected chi connectivity index (χ4v) is 2.62. The fourth-order valence-electron chi connectivity index (χ4n) is 1.69. The summed E-state index contributed by atoms with van der Waals surface area (Å²) in [5.41, 5.74) is 2.64. The van der Waals surface area contributed by atoms with Gasteiger partial charge < -0.3 is 10.1 Å². The maximum atomic E-state index is 9.00. The lowest BCUT2D eigenvalue weighted by molar-refractivity contribution is 0.184. The van der Waals surface area contributed by atoms with Crippen LogP contribution in [-0.4, -0.2) is 11.5 Å². The molecule has 6 heteroatoms. The van der Waals surface area contributed by atoms with Crippen molar-refractivity contribution in [2.45, 2.75) is 13.2 Å². The molecule has 0 saturated heterocycles. The van der Waals surface area contributed by atoms with Crippen LogP contribution in [0.25, 0.3) is 0 Å². The van der Waals surface area contributed by atoms with Gasteiger partial charge in [-0.25, -0.2) is 0 Å². The Bertz CT molecular complexity index is 606. The second-order valence-corrected chi connectivity index (χ2v) is 4.98. The molecular weight excluding hydrogens is 282 g/mol. The molecule has 0 radical (unpaired) electrons. The Morgan fingerprint density at radius 3 is 2.84 bits per heavy atom. The summed E-state index contributed by atoms with van der Waals surface area (Å²) in [4.78, 5) is 0. The van der Waals surface area contributed by atoms with Crippen molar-refractivity contribution in [1.29, 1.82) is 5.26 Å². The number of benzene rings is 1. The summed E-state index contributed by atoms with van der Waals surface area (Å²) >= 11 is 7.02. The van der Waals surface area contributed by atoms with E-state index in [0.29, 0.717) is 23.7 Å². The Hall–Kier alpha value is -1.61. The van der Waals surface area contributed by atoms with E-state index >= 15 is 0 Å². The van der Waals surface area contributed by atoms with Crippen LogP contribution in [0, 0.1) is 11.3 Å². The van der Waals surface area contributed by atoms with Crippen molar-refractivity contribution in [3.05, 3.63) is 46.1 Å². The molecule has 2 aromatic rings. The molecule has 0 saturated carbocycles. The molecule has 0 spiro atoms. The van der Waals surface area contributed by atoms with E-state index < -0.39 is 0 Å². The van der Waals surface area contributed by atoms with Gasteiger partial charge >= 0.3 is 0 Å². The van der Waals surface area contributed by atoms with Crippen molar-refractivity contribution < 1.29 is 4.74 Å². The highest BCUT2D eigenvalue weighted by atomic mass is 35.5. The van der Waals surface area contributed by atoms with Crippen LogP contribution in [0.1, 0.15) is 16.7 Å². The van der Waals surface area contributed by atoms with E-state index in [1.165, 1.54) is 11.5 Å². The average Bonchev–Trinajstić information content (AvgIpc) is 2.78. The molecule has 19 heavy (non-hydrogen) atoms. The first-order valence-corrected chi connectivity index (χ1v) is 6.76. The van der Waals surface area contributed by atoms with Gasteiger partial charge in [-0.1, -0.05) is 35.9 Å². The molecule has 1 aromatic carbocycles. The smallest absolute Gasteiger partial charge is 0.162 e. The Kier molecular flexibility index (Phi) is 4.74. The van der Waals surface area contributed by atoms with Crippen molar-refractivity contribution in [1.82, 2.24) is 4.37 Å². The highest BCUT2D eigenvalue weighted by Crippen LogP contribution is 2.28. The lowest BCUT2D eigenvalue weighted by Crippen LogP contribution is -2.03. The average molecular weight is 294 g/mol. The summed E-state index contributed by atoms with van der Waals surface area (Å²) in [6, 6.07) is 10.0. The Morgan fingerprint density at radius 1 is 1.42 bits per heavy atom. The fraction of sp³-hybridized carbons (Fsp3) is 0.231. The summed E-state index contributed by atoms with van der Waals surface area (Å²) in [6.45, 7) is 1.17. The Morgan fingerprint density at radius 2 is 2.16 bits per heavy atom. The molecule has 0 atom stereocenters. The number of nitrogens with one attached hydrogen (secondary N) is 1. The zero-order valence-corrected chi connectivity index (χ0v) is 11.9. The largest absolute Gasteiger partial charge is 0.380 e. The minimum Gasteiger partial charge on any atom is -0.380 e. The van der Waals surface area contributed by atoms with Crippen LogP contribution in [0.5, 0.6) is 0 Å². The summed E-state index contributed by atoms with van der Waals surface area (Å²) in [7, 11) is 1.67. The number of nitrogens with zero attached hydrogens (tertiary/aromatic N) is 2. The maximum Gasteiger partial charge on any atom is 0.162 e. The molecule has 0 aliphatic rings. The molecule has 0 fully saturated rings. The topological polar surface area (TPSA) is 57.9 Å². The van der Waals surface area contributed by atoms with E-state index in [1.807, 2.05) is 30.3 Å². The van der Waals surface area contributed by atoms with Gasteiger partial charge in [-0.15, -0.1) is 0 Å². The zero-order chi connectivity index (χ0) is 13.7. The minimum atomic E-state index is 0.250. The van der Waals surface area contributed by atoms with E-state index in [1.54, 1.807) is 7.11 Å². The number of anilines is 1. The number of halogens is 1. The predicted molar refractivity (Wildman–Crippen MR) is 76.3 cm³/mol. The minimum absolute atomic E-state index is 0.250. The SMILES string of the molecule is COCc1ccccc1CNc1snc(Cl)c1C#N. The van der Waals surface area contributed by atoms with E-state index in [9.17, 15) is 0 Å². The molecule has 0 bridgehead atoms. The number of methoxy groups -OCH3 is 1. The summed E-state index contributed by atoms with van der Waals surface area (Å²) in [5.74, 6) is 0. The molecule has 0 aliphatic carbocycles. The molecule has 0 aliphatic heterocycles. The van der Waals surface area contributed by atoms with Crippen molar-refractivity contribution in [2.75, 3.05) is 12.4 Å². The number of rotatable bonds is 5. The monoisotopic (exact) mass is 293 g/mol. The van der Waals surface area contributed by atoms with Gasteiger partial charge in [-0.3, -0.25) is 0 Å². The third-order valence-corrected chi connectivity index (χ3v) is 3.80. The highest BCUT2D eigenvalue weighted by molar-refractivity contribution is 7.10. The molecule has 1 heterocycles. The number of hydrogen-bond donors (Lipinski definition) is 1. The maximum absolute atomic E-state index is 9.00. The first-order chi connectivity index (χ1) is 9.26. The van der Waals surface area contributed by atoms with Crippen LogP contribution in [0.4, 0.5) is 5.00 Å². The van der Waals surface area contributed by atoms with Crippen LogP contribution in [0.2, 0.25) is 5.15 Å². The van der Waals surface area contributed by atoms with E-state index in [0.717, 1.165) is 11.1 Å². The molecule has 4 nitrogen and oxygen atoms in total. The van der Waals surface area contributed by atoms with E-state index in [4.69, 9.17) is 21.6 Å². The van der Waals surface area contributed by atoms with Crippen molar-refractivity contribution >= 4 is 28.1 Å². The van der Waals surface area contributed by atoms with Crippen LogP contribution in [-0.2, 0) is 17.9 Å². The van der Waals surface area contributed by atoms with Crippen LogP contribution in [0.3, 0.4) is 0 Å². The lowest BCUT2D eigenvalue weighted by atomic mass is 10.1. The van der Waals surface area contributed by atoms with E-state index in [2.05, 4.69) is 9.69 Å². The van der Waals surface area contributed by atoms with Gasteiger partial charge in [0.05, 0.1) is 6.61 Å². The van der Waals surface area contributed by atoms with Crippen molar-refractivity contribution in [3.63, 3.8) is 0 Å². The van der Waals surface area contributed by atoms with Gasteiger partial charge in [-0.2, -0.15) is 9.64 Å². The van der Waals surface area contributed by atoms with Crippen LogP contribution >= 0.6 is 23.1 Å². The number of ether oxygens (including phenoxy) is 1. The summed E-state index contributed by atoms with van der Waals surface area (Å²) < 4.78 is 9.11. The van der Waals surface area contributed by atoms with Gasteiger partial charge in [0.2, 0.25) is 0 Å². The molecule has 1 aromatic heterocycles.